The monoisotopic (exact) mass is 414 g/mol. The number of amides is 2. The van der Waals surface area contributed by atoms with Crippen LogP contribution in [0.25, 0.3) is 0 Å². The van der Waals surface area contributed by atoms with E-state index in [0.717, 1.165) is 12.1 Å². The van der Waals surface area contributed by atoms with Crippen LogP contribution in [-0.4, -0.2) is 73.5 Å². The Morgan fingerprint density at radius 1 is 1.10 bits per heavy atom. The minimum atomic E-state index is -4.37. The molecule has 1 heterocycles. The number of alkyl halides is 3. The molecule has 9 heteroatoms. The van der Waals surface area contributed by atoms with E-state index in [2.05, 4.69) is 5.32 Å². The maximum absolute atomic E-state index is 12.9. The van der Waals surface area contributed by atoms with Gasteiger partial charge in [-0.15, -0.1) is 0 Å². The number of hydrogen-bond acceptors (Lipinski definition) is 4. The number of rotatable bonds is 5. The minimum Gasteiger partial charge on any atom is -0.369 e. The van der Waals surface area contributed by atoms with E-state index in [-0.39, 0.29) is 30.4 Å². The van der Waals surface area contributed by atoms with Crippen LogP contribution in [0.4, 0.5) is 18.9 Å². The summed E-state index contributed by atoms with van der Waals surface area (Å²) in [6.07, 6.45) is -4.37. The van der Waals surface area contributed by atoms with Crippen molar-refractivity contribution in [2.45, 2.75) is 32.5 Å². The first-order chi connectivity index (χ1) is 13.3. The van der Waals surface area contributed by atoms with Gasteiger partial charge in [0.25, 0.3) is 0 Å². The molecule has 1 fully saturated rings. The van der Waals surface area contributed by atoms with Gasteiger partial charge in [-0.3, -0.25) is 14.5 Å². The van der Waals surface area contributed by atoms with Crippen LogP contribution >= 0.6 is 0 Å². The zero-order valence-electron chi connectivity index (χ0n) is 17.3. The van der Waals surface area contributed by atoms with Gasteiger partial charge >= 0.3 is 6.18 Å². The number of halogens is 3. The Balaban J connectivity index is 1.84. The second-order valence-electron chi connectivity index (χ2n) is 8.36. The molecular weight excluding hydrogens is 385 g/mol. The molecule has 1 N–H and O–H groups in total. The fraction of sp³-hybridized carbons (Fsp3) is 0.600. The molecule has 0 radical (unpaired) electrons. The first-order valence-electron chi connectivity index (χ1n) is 9.55. The third-order valence-electron chi connectivity index (χ3n) is 4.59. The van der Waals surface area contributed by atoms with Gasteiger partial charge < -0.3 is 15.1 Å². The number of nitrogens with zero attached hydrogens (tertiary/aromatic N) is 3. The highest BCUT2D eigenvalue weighted by Gasteiger charge is 2.31. The number of likely N-dealkylation sites (N-methyl/N-ethyl adjacent to an activating group) is 1. The zero-order chi connectivity index (χ0) is 21.8. The first kappa shape index (κ1) is 23.0. The summed E-state index contributed by atoms with van der Waals surface area (Å²) in [5.41, 5.74) is -0.495. The minimum absolute atomic E-state index is 0.0136. The first-order valence-corrected chi connectivity index (χ1v) is 9.55. The van der Waals surface area contributed by atoms with Gasteiger partial charge in [0.1, 0.15) is 0 Å². The second-order valence-corrected chi connectivity index (χ2v) is 8.36. The highest BCUT2D eigenvalue weighted by Crippen LogP contribution is 2.31. The number of piperazine rings is 1. The lowest BCUT2D eigenvalue weighted by molar-refractivity contribution is -0.137. The molecule has 1 aromatic carbocycles. The van der Waals surface area contributed by atoms with Crippen molar-refractivity contribution in [1.29, 1.82) is 0 Å². The molecule has 0 aliphatic carbocycles. The Hall–Kier alpha value is -2.29. The highest BCUT2D eigenvalue weighted by atomic mass is 19.4. The highest BCUT2D eigenvalue weighted by molar-refractivity contribution is 5.85. The fourth-order valence-corrected chi connectivity index (χ4v) is 3.12. The molecule has 2 rings (SSSR count). The van der Waals surface area contributed by atoms with Crippen LogP contribution in [0.2, 0.25) is 0 Å². The van der Waals surface area contributed by atoms with E-state index in [1.165, 1.54) is 11.0 Å². The van der Waals surface area contributed by atoms with Crippen LogP contribution < -0.4 is 10.2 Å². The van der Waals surface area contributed by atoms with Gasteiger partial charge in [0.15, 0.2) is 0 Å². The average molecular weight is 414 g/mol. The van der Waals surface area contributed by atoms with E-state index >= 15 is 0 Å². The van der Waals surface area contributed by atoms with Crippen LogP contribution in [0.5, 0.6) is 0 Å². The number of hydrogen-bond donors (Lipinski definition) is 1. The van der Waals surface area contributed by atoms with Crippen molar-refractivity contribution in [2.24, 2.45) is 0 Å². The maximum atomic E-state index is 12.9. The number of nitrogens with one attached hydrogen (secondary N) is 1. The van der Waals surface area contributed by atoms with Gasteiger partial charge in [0.05, 0.1) is 18.7 Å². The van der Waals surface area contributed by atoms with Crippen LogP contribution in [0.1, 0.15) is 26.3 Å². The van der Waals surface area contributed by atoms with Crippen LogP contribution in [0, 0.1) is 0 Å². The van der Waals surface area contributed by atoms with Crippen molar-refractivity contribution in [3.05, 3.63) is 29.8 Å². The standard InChI is InChI=1S/C20H29F3N4O2/c1-19(2,3)24-17(28)13-25(4)18(29)14-26-8-10-27(11-9-26)16-7-5-6-15(12-16)20(21,22)23/h5-7,12H,8-11,13-14H2,1-4H3,(H,24,28). The van der Waals surface area contributed by atoms with E-state index in [1.807, 2.05) is 30.6 Å². The van der Waals surface area contributed by atoms with Gasteiger partial charge in [-0.1, -0.05) is 6.07 Å². The number of benzene rings is 1. The molecule has 0 bridgehead atoms. The molecular formula is C20H29F3N4O2. The summed E-state index contributed by atoms with van der Waals surface area (Å²) in [5.74, 6) is -0.385. The van der Waals surface area contributed by atoms with Gasteiger partial charge in [-0.05, 0) is 39.0 Å². The average Bonchev–Trinajstić information content (AvgIpc) is 2.60. The second kappa shape index (κ2) is 9.02. The molecule has 0 atom stereocenters. The van der Waals surface area contributed by atoms with E-state index in [1.54, 1.807) is 13.1 Å². The van der Waals surface area contributed by atoms with Crippen molar-refractivity contribution in [3.63, 3.8) is 0 Å². The largest absolute Gasteiger partial charge is 0.416 e. The topological polar surface area (TPSA) is 55.9 Å². The Bertz CT molecular complexity index is 723. The summed E-state index contributed by atoms with van der Waals surface area (Å²) in [7, 11) is 1.59. The van der Waals surface area contributed by atoms with E-state index < -0.39 is 11.7 Å². The lowest BCUT2D eigenvalue weighted by Crippen LogP contribution is -2.51. The molecule has 162 valence electrons. The van der Waals surface area contributed by atoms with Crippen LogP contribution in [0.15, 0.2) is 24.3 Å². The molecule has 1 aliphatic rings. The Morgan fingerprint density at radius 3 is 2.28 bits per heavy atom. The smallest absolute Gasteiger partial charge is 0.369 e. The van der Waals surface area contributed by atoms with E-state index in [4.69, 9.17) is 0 Å². The van der Waals surface area contributed by atoms with Crippen molar-refractivity contribution in [1.82, 2.24) is 15.1 Å². The van der Waals surface area contributed by atoms with Crippen LogP contribution in [0.3, 0.4) is 0 Å². The summed E-state index contributed by atoms with van der Waals surface area (Å²) in [6.45, 7) is 7.96. The quantitative estimate of drug-likeness (QED) is 0.803. The predicted octanol–water partition coefficient (Wildman–Crippen LogP) is 2.20. The maximum Gasteiger partial charge on any atom is 0.416 e. The Labute approximate surface area is 169 Å². The summed E-state index contributed by atoms with van der Waals surface area (Å²) in [4.78, 5) is 29.6. The van der Waals surface area contributed by atoms with Gasteiger partial charge in [0, 0.05) is 44.5 Å². The predicted molar refractivity (Wildman–Crippen MR) is 106 cm³/mol. The Morgan fingerprint density at radius 2 is 1.72 bits per heavy atom. The Kier molecular flexibility index (Phi) is 7.15. The van der Waals surface area contributed by atoms with Crippen molar-refractivity contribution in [3.8, 4) is 0 Å². The van der Waals surface area contributed by atoms with Crippen molar-refractivity contribution < 1.29 is 22.8 Å². The van der Waals surface area contributed by atoms with Crippen molar-refractivity contribution >= 4 is 17.5 Å². The summed E-state index contributed by atoms with van der Waals surface area (Å²) >= 11 is 0. The molecule has 2 amide bonds. The zero-order valence-corrected chi connectivity index (χ0v) is 17.3. The molecule has 0 spiro atoms. The van der Waals surface area contributed by atoms with E-state index in [9.17, 15) is 22.8 Å². The summed E-state index contributed by atoms with van der Waals surface area (Å²) in [6, 6.07) is 5.29. The molecule has 0 unspecified atom stereocenters. The molecule has 29 heavy (non-hydrogen) atoms. The third kappa shape index (κ3) is 7.23. The molecule has 0 aromatic heterocycles. The lowest BCUT2D eigenvalue weighted by Gasteiger charge is -2.36. The van der Waals surface area contributed by atoms with Crippen LogP contribution in [-0.2, 0) is 15.8 Å². The normalized spacial score (nSPS) is 15.9. The van der Waals surface area contributed by atoms with Gasteiger partial charge in [-0.25, -0.2) is 0 Å². The fourth-order valence-electron chi connectivity index (χ4n) is 3.12. The third-order valence-corrected chi connectivity index (χ3v) is 4.59. The molecule has 1 aromatic rings. The van der Waals surface area contributed by atoms with Crippen molar-refractivity contribution in [2.75, 3.05) is 51.2 Å². The van der Waals surface area contributed by atoms with E-state index in [0.29, 0.717) is 31.9 Å². The number of carbonyl (C=O) groups is 2. The number of anilines is 1. The summed E-state index contributed by atoms with van der Waals surface area (Å²) in [5, 5.41) is 2.81. The number of carbonyl (C=O) groups excluding carboxylic acids is 2. The molecule has 1 saturated heterocycles. The molecule has 1 aliphatic heterocycles. The lowest BCUT2D eigenvalue weighted by atomic mass is 10.1. The molecule has 6 nitrogen and oxygen atoms in total. The summed E-state index contributed by atoms with van der Waals surface area (Å²) < 4.78 is 38.7. The molecule has 0 saturated carbocycles. The SMILES string of the molecule is CN(CC(=O)NC(C)(C)C)C(=O)CN1CCN(c2cccc(C(F)(F)F)c2)CC1. The van der Waals surface area contributed by atoms with Gasteiger partial charge in [-0.2, -0.15) is 13.2 Å². The van der Waals surface area contributed by atoms with Gasteiger partial charge in [0.2, 0.25) is 11.8 Å².